The van der Waals surface area contributed by atoms with Gasteiger partial charge in [-0.05, 0) is 43.7 Å². The zero-order chi connectivity index (χ0) is 19.1. The molecule has 0 amide bonds. The van der Waals surface area contributed by atoms with Gasteiger partial charge in [0.2, 0.25) is 0 Å². The Kier molecular flexibility index (Phi) is 6.41. The summed E-state index contributed by atoms with van der Waals surface area (Å²) in [6.45, 7) is 7.94. The minimum Gasteiger partial charge on any atom is -0.490 e. The van der Waals surface area contributed by atoms with Gasteiger partial charge in [-0.1, -0.05) is 12.1 Å². The van der Waals surface area contributed by atoms with Crippen LogP contribution < -0.4 is 25.4 Å². The van der Waals surface area contributed by atoms with Crippen LogP contribution in [0.15, 0.2) is 47.5 Å². The lowest BCUT2D eigenvalue weighted by Gasteiger charge is -2.22. The molecule has 2 aromatic rings. The van der Waals surface area contributed by atoms with E-state index in [0.29, 0.717) is 25.7 Å². The van der Waals surface area contributed by atoms with E-state index in [0.717, 1.165) is 36.7 Å². The van der Waals surface area contributed by atoms with Gasteiger partial charge in [-0.15, -0.1) is 0 Å². The zero-order valence-electron chi connectivity index (χ0n) is 16.1. The number of nitrogens with one attached hydrogen (secondary N) is 1. The maximum atomic E-state index is 6.05. The summed E-state index contributed by atoms with van der Waals surface area (Å²) in [6.07, 6.45) is 0.885. The van der Waals surface area contributed by atoms with Gasteiger partial charge in [-0.3, -0.25) is 4.99 Å². The Labute approximate surface area is 161 Å². The fourth-order valence-electron chi connectivity index (χ4n) is 3.01. The molecule has 6 heteroatoms. The summed E-state index contributed by atoms with van der Waals surface area (Å²) in [4.78, 5) is 6.74. The van der Waals surface area contributed by atoms with E-state index in [4.69, 9.17) is 15.2 Å². The van der Waals surface area contributed by atoms with Crippen molar-refractivity contribution >= 4 is 17.3 Å². The quantitative estimate of drug-likeness (QED) is 0.604. The highest BCUT2D eigenvalue weighted by Crippen LogP contribution is 2.32. The van der Waals surface area contributed by atoms with Crippen LogP contribution in [0.25, 0.3) is 0 Å². The largest absolute Gasteiger partial charge is 0.490 e. The fourth-order valence-corrected chi connectivity index (χ4v) is 3.01. The number of hydrogen-bond donors (Lipinski definition) is 2. The van der Waals surface area contributed by atoms with Crippen molar-refractivity contribution in [2.75, 3.05) is 43.1 Å². The third-order valence-electron chi connectivity index (χ3n) is 4.42. The van der Waals surface area contributed by atoms with Crippen LogP contribution >= 0.6 is 0 Å². The molecular formula is C21H28N4O2. The maximum absolute atomic E-state index is 6.05. The first-order valence-corrected chi connectivity index (χ1v) is 9.44. The second-order valence-corrected chi connectivity index (χ2v) is 6.52. The number of aryl methyl sites for hydroxylation is 1. The zero-order valence-corrected chi connectivity index (χ0v) is 16.1. The Morgan fingerprint density at radius 1 is 1.15 bits per heavy atom. The van der Waals surface area contributed by atoms with Gasteiger partial charge in [-0.25, -0.2) is 0 Å². The molecule has 1 aliphatic heterocycles. The molecule has 144 valence electrons. The van der Waals surface area contributed by atoms with Crippen molar-refractivity contribution in [1.29, 1.82) is 0 Å². The van der Waals surface area contributed by atoms with Crippen molar-refractivity contribution in [3.63, 3.8) is 0 Å². The van der Waals surface area contributed by atoms with E-state index in [1.165, 1.54) is 11.3 Å². The number of hydrogen-bond acceptors (Lipinski definition) is 4. The summed E-state index contributed by atoms with van der Waals surface area (Å²) < 4.78 is 11.3. The molecule has 6 nitrogen and oxygen atoms in total. The molecular weight excluding hydrogens is 340 g/mol. The molecule has 0 aliphatic carbocycles. The van der Waals surface area contributed by atoms with Crippen LogP contribution in [0, 0.1) is 6.92 Å². The van der Waals surface area contributed by atoms with Crippen LogP contribution in [0.1, 0.15) is 18.9 Å². The van der Waals surface area contributed by atoms with E-state index in [-0.39, 0.29) is 0 Å². The van der Waals surface area contributed by atoms with Gasteiger partial charge in [0.1, 0.15) is 0 Å². The molecule has 0 unspecified atom stereocenters. The van der Waals surface area contributed by atoms with Crippen molar-refractivity contribution < 1.29 is 9.47 Å². The Morgan fingerprint density at radius 3 is 2.74 bits per heavy atom. The first-order chi connectivity index (χ1) is 13.2. The van der Waals surface area contributed by atoms with Crippen LogP contribution in [0.4, 0.5) is 11.4 Å². The number of rotatable bonds is 6. The average molecular weight is 368 g/mol. The highest BCUT2D eigenvalue weighted by Gasteiger charge is 2.11. The number of anilines is 2. The number of fused-ring (bicyclic) bond motifs is 1. The summed E-state index contributed by atoms with van der Waals surface area (Å²) >= 11 is 0. The summed E-state index contributed by atoms with van der Waals surface area (Å²) in [5.41, 5.74) is 9.36. The van der Waals surface area contributed by atoms with E-state index in [9.17, 15) is 0 Å². The molecule has 2 aromatic carbocycles. The molecule has 1 aliphatic rings. The molecule has 0 bridgehead atoms. The molecule has 0 radical (unpaired) electrons. The highest BCUT2D eigenvalue weighted by molar-refractivity contribution is 5.92. The summed E-state index contributed by atoms with van der Waals surface area (Å²) in [7, 11) is 0. The Bertz CT molecular complexity index is 792. The molecule has 0 spiro atoms. The molecule has 0 fully saturated rings. The normalized spacial score (nSPS) is 13.8. The first-order valence-electron chi connectivity index (χ1n) is 9.44. The van der Waals surface area contributed by atoms with Crippen LogP contribution in [-0.2, 0) is 0 Å². The molecule has 1 heterocycles. The number of nitrogens with two attached hydrogens (primary N) is 1. The molecule has 0 saturated heterocycles. The molecule has 0 saturated carbocycles. The van der Waals surface area contributed by atoms with E-state index < -0.39 is 0 Å². The lowest BCUT2D eigenvalue weighted by molar-refractivity contribution is 0.297. The second kappa shape index (κ2) is 9.16. The van der Waals surface area contributed by atoms with Gasteiger partial charge in [0.15, 0.2) is 17.5 Å². The lowest BCUT2D eigenvalue weighted by atomic mass is 10.2. The Balaban J connectivity index is 1.57. The first kappa shape index (κ1) is 18.9. The van der Waals surface area contributed by atoms with Gasteiger partial charge in [0.25, 0.3) is 0 Å². The highest BCUT2D eigenvalue weighted by atomic mass is 16.5. The Hall–Kier alpha value is -2.89. The standard InChI is InChI=1S/C21H28N4O2/c1-3-25(18-7-4-6-16(2)14-18)11-10-23-21(22)24-17-8-9-19-20(15-17)27-13-5-12-26-19/h4,6-9,14-15H,3,5,10-13H2,1-2H3,(H3,22,23,24). The monoisotopic (exact) mass is 368 g/mol. The van der Waals surface area contributed by atoms with Gasteiger partial charge < -0.3 is 25.4 Å². The third kappa shape index (κ3) is 5.29. The fraction of sp³-hybridized carbons (Fsp3) is 0.381. The summed E-state index contributed by atoms with van der Waals surface area (Å²) in [5.74, 6) is 1.90. The number of likely N-dealkylation sites (N-methyl/N-ethyl adjacent to an activating group) is 1. The number of aliphatic imine (C=N–C) groups is 1. The van der Waals surface area contributed by atoms with E-state index in [1.54, 1.807) is 0 Å². The van der Waals surface area contributed by atoms with E-state index in [2.05, 4.69) is 53.3 Å². The van der Waals surface area contributed by atoms with Crippen molar-refractivity contribution in [2.45, 2.75) is 20.3 Å². The van der Waals surface area contributed by atoms with Gasteiger partial charge >= 0.3 is 0 Å². The third-order valence-corrected chi connectivity index (χ3v) is 4.42. The molecule has 3 N–H and O–H groups in total. The Morgan fingerprint density at radius 2 is 1.96 bits per heavy atom. The summed E-state index contributed by atoms with van der Waals surface area (Å²) in [6, 6.07) is 14.2. The van der Waals surface area contributed by atoms with Crippen molar-refractivity contribution in [2.24, 2.45) is 10.7 Å². The molecule has 0 atom stereocenters. The van der Waals surface area contributed by atoms with Gasteiger partial charge in [-0.2, -0.15) is 0 Å². The van der Waals surface area contributed by atoms with E-state index >= 15 is 0 Å². The van der Waals surface area contributed by atoms with Crippen LogP contribution in [-0.4, -0.2) is 38.8 Å². The van der Waals surface area contributed by atoms with Crippen LogP contribution in [0.5, 0.6) is 11.5 Å². The van der Waals surface area contributed by atoms with Crippen LogP contribution in [0.3, 0.4) is 0 Å². The topological polar surface area (TPSA) is 72.1 Å². The number of benzene rings is 2. The number of nitrogens with zero attached hydrogens (tertiary/aromatic N) is 2. The van der Waals surface area contributed by atoms with Gasteiger partial charge in [0, 0.05) is 37.0 Å². The van der Waals surface area contributed by atoms with E-state index in [1.807, 2.05) is 18.2 Å². The number of ether oxygens (including phenoxy) is 2. The van der Waals surface area contributed by atoms with Crippen molar-refractivity contribution in [3.8, 4) is 11.5 Å². The lowest BCUT2D eigenvalue weighted by Crippen LogP contribution is -2.28. The van der Waals surface area contributed by atoms with Crippen molar-refractivity contribution in [3.05, 3.63) is 48.0 Å². The minimum absolute atomic E-state index is 0.393. The predicted molar refractivity (Wildman–Crippen MR) is 111 cm³/mol. The minimum atomic E-state index is 0.393. The SMILES string of the molecule is CCN(CCN=C(N)Nc1ccc2c(c1)OCCCO2)c1cccc(C)c1. The smallest absolute Gasteiger partial charge is 0.193 e. The second-order valence-electron chi connectivity index (χ2n) is 6.52. The summed E-state index contributed by atoms with van der Waals surface area (Å²) in [5, 5.41) is 3.13. The maximum Gasteiger partial charge on any atom is 0.193 e. The molecule has 27 heavy (non-hydrogen) atoms. The molecule has 0 aromatic heterocycles. The van der Waals surface area contributed by atoms with Crippen LogP contribution in [0.2, 0.25) is 0 Å². The number of guanidine groups is 1. The predicted octanol–water partition coefficient (Wildman–Crippen LogP) is 3.41. The molecule has 3 rings (SSSR count). The van der Waals surface area contributed by atoms with Gasteiger partial charge in [0.05, 0.1) is 19.8 Å². The van der Waals surface area contributed by atoms with Crippen molar-refractivity contribution in [1.82, 2.24) is 0 Å². The average Bonchev–Trinajstić information content (AvgIpc) is 2.90.